The molecule has 0 bridgehead atoms. The molecule has 0 saturated heterocycles. The van der Waals surface area contributed by atoms with Gasteiger partial charge in [-0.05, 0) is 132 Å². The Morgan fingerprint density at radius 2 is 1.65 bits per heavy atom. The topological polar surface area (TPSA) is 93.8 Å². The van der Waals surface area contributed by atoms with Crippen molar-refractivity contribution in [2.75, 3.05) is 20.6 Å². The molecule has 8 atom stereocenters. The van der Waals surface area contributed by atoms with E-state index in [1.807, 2.05) is 10.7 Å². The summed E-state index contributed by atoms with van der Waals surface area (Å²) in [6.07, 6.45) is 10.8. The lowest BCUT2D eigenvalue weighted by Gasteiger charge is -2.72. The molecule has 0 aromatic carbocycles. The summed E-state index contributed by atoms with van der Waals surface area (Å²) >= 11 is 0. The second kappa shape index (κ2) is 12.6. The number of fused-ring (bicyclic) bond motifs is 7. The molecule has 6 rings (SSSR count). The fourth-order valence-electron chi connectivity index (χ4n) is 13.5. The van der Waals surface area contributed by atoms with Crippen molar-refractivity contribution >= 4 is 11.9 Å². The van der Waals surface area contributed by atoms with Crippen molar-refractivity contribution in [1.82, 2.24) is 14.3 Å². The first-order valence-electron chi connectivity index (χ1n) is 20.1. The summed E-state index contributed by atoms with van der Waals surface area (Å²) in [4.78, 5) is 40.6. The number of carbonyl (C=O) groups is 2. The first-order chi connectivity index (χ1) is 23.6. The molecule has 0 radical (unpaired) electrons. The number of nitrogens with zero attached hydrogens (tertiary/aromatic N) is 3. The Labute approximate surface area is 307 Å². The number of esters is 1. The van der Waals surface area contributed by atoms with Crippen LogP contribution in [-0.4, -0.2) is 58.1 Å². The van der Waals surface area contributed by atoms with E-state index in [4.69, 9.17) is 4.74 Å². The van der Waals surface area contributed by atoms with E-state index in [2.05, 4.69) is 79.2 Å². The van der Waals surface area contributed by atoms with Crippen molar-refractivity contribution in [3.05, 3.63) is 33.3 Å². The molecule has 1 aromatic heterocycles. The van der Waals surface area contributed by atoms with Crippen LogP contribution in [0.4, 0.5) is 0 Å². The monoisotopic (exact) mass is 708 g/mol. The van der Waals surface area contributed by atoms with E-state index in [1.165, 1.54) is 31.4 Å². The summed E-state index contributed by atoms with van der Waals surface area (Å²) in [5.41, 5.74) is 3.82. The van der Waals surface area contributed by atoms with Crippen molar-refractivity contribution in [2.24, 2.45) is 57.8 Å². The number of hydrogen-bond donors (Lipinski definition) is 1. The van der Waals surface area contributed by atoms with Gasteiger partial charge in [-0.25, -0.2) is 4.68 Å². The van der Waals surface area contributed by atoms with Gasteiger partial charge < -0.3 is 14.7 Å². The average molecular weight is 708 g/mol. The fraction of sp³-hybridized carbons (Fsp3) is 0.837. The molecule has 5 aliphatic carbocycles. The van der Waals surface area contributed by atoms with Crippen LogP contribution in [0, 0.1) is 50.7 Å². The SMILES string of the molecule is CC(C)C1=C2[C@H]3CC[C@@H]4[C@@]5(C)CC[C@H](OC(=O)CC(C)(C)C(=O)O)C(C)(C)[C@@H]5CC[C@@]4(C)[C@]3(C)CC[C@@]2(c2cc(=O)n(CCN(C)C)n2C)CC1. The lowest BCUT2D eigenvalue weighted by Crippen LogP contribution is -2.66. The number of allylic oxidation sites excluding steroid dienone is 2. The molecule has 1 N–H and O–H groups in total. The van der Waals surface area contributed by atoms with Crippen LogP contribution >= 0.6 is 0 Å². The lowest BCUT2D eigenvalue weighted by atomic mass is 9.33. The van der Waals surface area contributed by atoms with Crippen LogP contribution in [0.1, 0.15) is 139 Å². The standard InChI is InChI=1S/C43H69N3O5/c1-27(2)28-15-20-43(32-25-34(47)46(45(32)12)24-23-44(10)11)22-21-41(8)29(36(28)43)13-14-31-40(7)18-17-33(51-35(48)26-38(3,4)37(49)50)39(5,6)30(40)16-19-42(31,41)9/h25,27,29-31,33H,13-24,26H2,1-12H3,(H,49,50)/t29-,30+,31-,33+,40+,41-,42-,43-/m1/s1. The third kappa shape index (κ3) is 5.64. The van der Waals surface area contributed by atoms with E-state index in [1.54, 1.807) is 25.0 Å². The molecule has 8 nitrogen and oxygen atoms in total. The van der Waals surface area contributed by atoms with Gasteiger partial charge in [0.2, 0.25) is 0 Å². The predicted octanol–water partition coefficient (Wildman–Crippen LogP) is 8.21. The second-order valence-electron chi connectivity index (χ2n) is 20.3. The molecule has 51 heavy (non-hydrogen) atoms. The zero-order valence-corrected chi connectivity index (χ0v) is 34.1. The number of aromatic nitrogens is 2. The largest absolute Gasteiger partial charge is 0.481 e. The van der Waals surface area contributed by atoms with E-state index in [0.717, 1.165) is 45.1 Å². The Balaban J connectivity index is 1.32. The molecule has 1 aromatic rings. The number of ether oxygens (including phenoxy) is 1. The van der Waals surface area contributed by atoms with Gasteiger partial charge in [0, 0.05) is 30.5 Å². The number of rotatable bonds is 9. The van der Waals surface area contributed by atoms with Crippen LogP contribution in [-0.2, 0) is 33.3 Å². The molecule has 1 heterocycles. The summed E-state index contributed by atoms with van der Waals surface area (Å²) in [6, 6.07) is 2.00. The van der Waals surface area contributed by atoms with Crippen LogP contribution in [0.3, 0.4) is 0 Å². The number of carboxylic acids is 1. The van der Waals surface area contributed by atoms with Crippen LogP contribution < -0.4 is 5.56 Å². The maximum atomic E-state index is 13.5. The molecule has 4 saturated carbocycles. The van der Waals surface area contributed by atoms with E-state index < -0.39 is 11.4 Å². The summed E-state index contributed by atoms with van der Waals surface area (Å²) in [5, 5.41) is 9.62. The Morgan fingerprint density at radius 1 is 0.961 bits per heavy atom. The van der Waals surface area contributed by atoms with E-state index in [0.29, 0.717) is 30.2 Å². The van der Waals surface area contributed by atoms with Crippen LogP contribution in [0.15, 0.2) is 22.0 Å². The van der Waals surface area contributed by atoms with Crippen molar-refractivity contribution in [3.63, 3.8) is 0 Å². The van der Waals surface area contributed by atoms with Gasteiger partial charge in [-0.2, -0.15) is 0 Å². The van der Waals surface area contributed by atoms with E-state index in [-0.39, 0.29) is 51.1 Å². The normalized spacial score (nSPS) is 37.5. The Hall–Kier alpha value is -2.35. The highest BCUT2D eigenvalue weighted by molar-refractivity contribution is 5.81. The predicted molar refractivity (Wildman–Crippen MR) is 202 cm³/mol. The minimum absolute atomic E-state index is 0.0650. The molecule has 4 fully saturated rings. The third-order valence-corrected chi connectivity index (χ3v) is 16.5. The zero-order chi connectivity index (χ0) is 37.7. The molecule has 0 amide bonds. The van der Waals surface area contributed by atoms with Gasteiger partial charge in [0.15, 0.2) is 0 Å². The van der Waals surface area contributed by atoms with Crippen LogP contribution in [0.5, 0.6) is 0 Å². The maximum absolute atomic E-state index is 13.5. The van der Waals surface area contributed by atoms with Gasteiger partial charge in [0.05, 0.1) is 24.1 Å². The highest BCUT2D eigenvalue weighted by Crippen LogP contribution is 2.77. The number of carboxylic acid groups (broad SMARTS) is 1. The smallest absolute Gasteiger partial charge is 0.309 e. The molecule has 8 heteroatoms. The lowest BCUT2D eigenvalue weighted by molar-refractivity contribution is -0.232. The van der Waals surface area contributed by atoms with E-state index >= 15 is 0 Å². The number of likely N-dealkylation sites (N-methyl/N-ethyl adjacent to an activating group) is 1. The fourth-order valence-corrected chi connectivity index (χ4v) is 13.5. The van der Waals surface area contributed by atoms with Crippen molar-refractivity contribution in [1.29, 1.82) is 0 Å². The maximum Gasteiger partial charge on any atom is 0.309 e. The zero-order valence-electron chi connectivity index (χ0n) is 34.1. The van der Waals surface area contributed by atoms with Crippen LogP contribution in [0.25, 0.3) is 0 Å². The van der Waals surface area contributed by atoms with Gasteiger partial charge in [0.1, 0.15) is 6.10 Å². The molecule has 286 valence electrons. The molecular weight excluding hydrogens is 638 g/mol. The van der Waals surface area contributed by atoms with Gasteiger partial charge in [-0.15, -0.1) is 0 Å². The second-order valence-corrected chi connectivity index (χ2v) is 20.3. The summed E-state index contributed by atoms with van der Waals surface area (Å²) in [6.45, 7) is 22.0. The molecular formula is C43H69N3O5. The molecule has 5 aliphatic rings. The highest BCUT2D eigenvalue weighted by atomic mass is 16.5. The third-order valence-electron chi connectivity index (χ3n) is 16.5. The van der Waals surface area contributed by atoms with Crippen molar-refractivity contribution in [2.45, 2.75) is 151 Å². The highest BCUT2D eigenvalue weighted by Gasteiger charge is 2.70. The molecule has 0 spiro atoms. The Kier molecular flexibility index (Phi) is 9.50. The van der Waals surface area contributed by atoms with E-state index in [9.17, 15) is 19.5 Å². The van der Waals surface area contributed by atoms with Crippen LogP contribution in [0.2, 0.25) is 0 Å². The molecule has 0 unspecified atom stereocenters. The van der Waals surface area contributed by atoms with Crippen molar-refractivity contribution < 1.29 is 19.4 Å². The van der Waals surface area contributed by atoms with Gasteiger partial charge in [0.25, 0.3) is 5.56 Å². The minimum atomic E-state index is -1.14. The number of aliphatic carboxylic acids is 1. The minimum Gasteiger partial charge on any atom is -0.481 e. The van der Waals surface area contributed by atoms with Gasteiger partial charge in [-0.1, -0.05) is 59.6 Å². The first kappa shape index (κ1) is 38.4. The first-order valence-corrected chi connectivity index (χ1v) is 20.1. The average Bonchev–Trinajstić information content (AvgIpc) is 3.55. The Bertz CT molecular complexity index is 1650. The van der Waals surface area contributed by atoms with Gasteiger partial charge >= 0.3 is 11.9 Å². The molecule has 0 aliphatic heterocycles. The number of carbonyl (C=O) groups excluding carboxylic acids is 1. The van der Waals surface area contributed by atoms with Gasteiger partial charge in [-0.3, -0.25) is 19.1 Å². The van der Waals surface area contributed by atoms with Crippen molar-refractivity contribution in [3.8, 4) is 0 Å². The summed E-state index contributed by atoms with van der Waals surface area (Å²) in [7, 11) is 6.27. The summed E-state index contributed by atoms with van der Waals surface area (Å²) in [5.74, 6) is 0.659. The Morgan fingerprint density at radius 3 is 2.27 bits per heavy atom. The number of hydrogen-bond acceptors (Lipinski definition) is 5. The summed E-state index contributed by atoms with van der Waals surface area (Å²) < 4.78 is 10.4. The quantitative estimate of drug-likeness (QED) is 0.206.